The Labute approximate surface area is 112 Å². The second-order valence-electron chi connectivity index (χ2n) is 4.60. The molecule has 0 spiro atoms. The average Bonchev–Trinajstić information content (AvgIpc) is 2.38. The largest absolute Gasteiger partial charge is 0.370 e. The maximum Gasteiger partial charge on any atom is 0.123 e. The van der Waals surface area contributed by atoms with Crippen LogP contribution in [0.2, 0.25) is 0 Å². The predicted molar refractivity (Wildman–Crippen MR) is 74.4 cm³/mol. The molecule has 2 nitrogen and oxygen atoms in total. The van der Waals surface area contributed by atoms with Crippen LogP contribution in [0, 0.1) is 24.1 Å². The molecule has 0 aliphatic heterocycles. The third-order valence-electron chi connectivity index (χ3n) is 3.08. The summed E-state index contributed by atoms with van der Waals surface area (Å²) in [6.45, 7) is 2.54. The molecule has 0 aliphatic rings. The lowest BCUT2D eigenvalue weighted by Crippen LogP contribution is -2.16. The average molecular weight is 254 g/mol. The summed E-state index contributed by atoms with van der Waals surface area (Å²) in [6.07, 6.45) is 0. The summed E-state index contributed by atoms with van der Waals surface area (Å²) in [5.74, 6) is -0.220. The first-order valence-electron chi connectivity index (χ1n) is 6.06. The molecule has 0 amide bonds. The van der Waals surface area contributed by atoms with Crippen molar-refractivity contribution in [3.63, 3.8) is 0 Å². The minimum absolute atomic E-state index is 0.220. The first-order valence-corrected chi connectivity index (χ1v) is 6.06. The molecule has 96 valence electrons. The number of hydrogen-bond donors (Lipinski definition) is 0. The van der Waals surface area contributed by atoms with Crippen LogP contribution in [0.25, 0.3) is 0 Å². The maximum absolute atomic E-state index is 13.1. The van der Waals surface area contributed by atoms with Crippen molar-refractivity contribution >= 4 is 5.69 Å². The Morgan fingerprint density at radius 3 is 2.63 bits per heavy atom. The molecule has 0 saturated heterocycles. The summed E-state index contributed by atoms with van der Waals surface area (Å²) < 4.78 is 13.1. The van der Waals surface area contributed by atoms with E-state index in [-0.39, 0.29) is 5.82 Å². The Kier molecular flexibility index (Phi) is 3.82. The summed E-state index contributed by atoms with van der Waals surface area (Å²) in [5, 5.41) is 8.91. The van der Waals surface area contributed by atoms with Crippen LogP contribution in [-0.2, 0) is 6.54 Å². The normalized spacial score (nSPS) is 10.0. The van der Waals surface area contributed by atoms with Crippen molar-refractivity contribution in [3.8, 4) is 6.07 Å². The van der Waals surface area contributed by atoms with E-state index in [0.29, 0.717) is 12.1 Å². The first-order chi connectivity index (χ1) is 9.10. The van der Waals surface area contributed by atoms with E-state index in [2.05, 4.69) is 6.07 Å². The van der Waals surface area contributed by atoms with Gasteiger partial charge >= 0.3 is 0 Å². The number of rotatable bonds is 3. The van der Waals surface area contributed by atoms with Gasteiger partial charge in [-0.25, -0.2) is 4.39 Å². The minimum atomic E-state index is -0.220. The van der Waals surface area contributed by atoms with Crippen LogP contribution in [-0.4, -0.2) is 7.05 Å². The van der Waals surface area contributed by atoms with Gasteiger partial charge in [-0.3, -0.25) is 0 Å². The van der Waals surface area contributed by atoms with Crippen LogP contribution in [0.1, 0.15) is 16.7 Å². The van der Waals surface area contributed by atoms with E-state index in [1.807, 2.05) is 43.1 Å². The molecule has 0 N–H and O–H groups in total. The van der Waals surface area contributed by atoms with E-state index in [0.717, 1.165) is 16.8 Å². The van der Waals surface area contributed by atoms with Crippen molar-refractivity contribution in [2.45, 2.75) is 13.5 Å². The molecule has 0 heterocycles. The Hall–Kier alpha value is -2.34. The van der Waals surface area contributed by atoms with Gasteiger partial charge in [0.15, 0.2) is 0 Å². The van der Waals surface area contributed by atoms with Gasteiger partial charge in [-0.2, -0.15) is 5.26 Å². The van der Waals surface area contributed by atoms with Gasteiger partial charge in [0.25, 0.3) is 0 Å². The quantitative estimate of drug-likeness (QED) is 0.836. The fraction of sp³-hybridized carbons (Fsp3) is 0.188. The van der Waals surface area contributed by atoms with Gasteiger partial charge in [0.05, 0.1) is 11.6 Å². The van der Waals surface area contributed by atoms with Crippen molar-refractivity contribution in [2.75, 3.05) is 11.9 Å². The van der Waals surface area contributed by atoms with Crippen molar-refractivity contribution in [3.05, 3.63) is 65.0 Å². The zero-order valence-corrected chi connectivity index (χ0v) is 11.0. The van der Waals surface area contributed by atoms with E-state index in [9.17, 15) is 4.39 Å². The molecule has 0 saturated carbocycles. The highest BCUT2D eigenvalue weighted by atomic mass is 19.1. The van der Waals surface area contributed by atoms with E-state index in [1.165, 1.54) is 12.1 Å². The van der Waals surface area contributed by atoms with Gasteiger partial charge in [-0.15, -0.1) is 0 Å². The summed E-state index contributed by atoms with van der Waals surface area (Å²) in [4.78, 5) is 2.03. The molecule has 0 unspecified atom stereocenters. The van der Waals surface area contributed by atoms with Gasteiger partial charge < -0.3 is 4.90 Å². The van der Waals surface area contributed by atoms with E-state index in [1.54, 1.807) is 6.07 Å². The number of nitrogens with zero attached hydrogens (tertiary/aromatic N) is 2. The van der Waals surface area contributed by atoms with Crippen molar-refractivity contribution < 1.29 is 4.39 Å². The van der Waals surface area contributed by atoms with Crippen LogP contribution in [0.4, 0.5) is 10.1 Å². The molecule has 0 bridgehead atoms. The molecule has 0 aromatic heterocycles. The number of benzene rings is 2. The van der Waals surface area contributed by atoms with Crippen LogP contribution < -0.4 is 4.90 Å². The lowest BCUT2D eigenvalue weighted by molar-refractivity contribution is 0.625. The molecule has 2 rings (SSSR count). The van der Waals surface area contributed by atoms with Crippen molar-refractivity contribution in [2.24, 2.45) is 0 Å². The predicted octanol–water partition coefficient (Wildman–Crippen LogP) is 3.64. The molecular weight excluding hydrogens is 239 g/mol. The number of halogens is 1. The fourth-order valence-electron chi connectivity index (χ4n) is 2.01. The monoisotopic (exact) mass is 254 g/mol. The Balaban J connectivity index is 2.18. The van der Waals surface area contributed by atoms with E-state index < -0.39 is 0 Å². The molecule has 0 radical (unpaired) electrons. The van der Waals surface area contributed by atoms with Gasteiger partial charge in [0.1, 0.15) is 5.82 Å². The minimum Gasteiger partial charge on any atom is -0.370 e. The first kappa shape index (κ1) is 13.1. The number of nitriles is 1. The highest BCUT2D eigenvalue weighted by Crippen LogP contribution is 2.19. The third-order valence-corrected chi connectivity index (χ3v) is 3.08. The van der Waals surface area contributed by atoms with Crippen molar-refractivity contribution in [1.82, 2.24) is 0 Å². The molecule has 0 aliphatic carbocycles. The summed E-state index contributed by atoms with van der Waals surface area (Å²) in [6, 6.07) is 14.4. The topological polar surface area (TPSA) is 27.0 Å². The summed E-state index contributed by atoms with van der Waals surface area (Å²) in [5.41, 5.74) is 3.57. The molecule has 2 aromatic carbocycles. The second-order valence-corrected chi connectivity index (χ2v) is 4.60. The third kappa shape index (κ3) is 3.11. The van der Waals surface area contributed by atoms with Crippen LogP contribution in [0.3, 0.4) is 0 Å². The highest BCUT2D eigenvalue weighted by molar-refractivity contribution is 5.53. The maximum atomic E-state index is 13.1. The summed E-state index contributed by atoms with van der Waals surface area (Å²) >= 11 is 0. The van der Waals surface area contributed by atoms with E-state index >= 15 is 0 Å². The van der Waals surface area contributed by atoms with Gasteiger partial charge in [0.2, 0.25) is 0 Å². The number of hydrogen-bond acceptors (Lipinski definition) is 2. The Morgan fingerprint density at radius 1 is 1.21 bits per heavy atom. The van der Waals surface area contributed by atoms with E-state index in [4.69, 9.17) is 5.26 Å². The smallest absolute Gasteiger partial charge is 0.123 e. The Morgan fingerprint density at radius 2 is 2.00 bits per heavy atom. The van der Waals surface area contributed by atoms with Crippen LogP contribution >= 0.6 is 0 Å². The zero-order chi connectivity index (χ0) is 13.8. The molecular formula is C16H15FN2. The lowest BCUT2D eigenvalue weighted by atomic mass is 10.1. The number of aryl methyl sites for hydroxylation is 1. The van der Waals surface area contributed by atoms with Gasteiger partial charge in [-0.05, 0) is 48.4 Å². The van der Waals surface area contributed by atoms with Crippen LogP contribution in [0.15, 0.2) is 42.5 Å². The van der Waals surface area contributed by atoms with Gasteiger partial charge in [-0.1, -0.05) is 12.1 Å². The molecule has 0 fully saturated rings. The Bertz CT molecular complexity index is 629. The fourth-order valence-corrected chi connectivity index (χ4v) is 2.01. The SMILES string of the molecule is Cc1cc(N(C)Cc2cccc(F)c2)ccc1C#N. The molecule has 3 heteroatoms. The number of anilines is 1. The molecule has 0 atom stereocenters. The molecule has 2 aromatic rings. The lowest BCUT2D eigenvalue weighted by Gasteiger charge is -2.20. The van der Waals surface area contributed by atoms with Crippen molar-refractivity contribution in [1.29, 1.82) is 5.26 Å². The van der Waals surface area contributed by atoms with Gasteiger partial charge in [0, 0.05) is 19.3 Å². The van der Waals surface area contributed by atoms with Crippen LogP contribution in [0.5, 0.6) is 0 Å². The standard InChI is InChI=1S/C16H15FN2/c1-12-8-16(7-6-14(12)10-18)19(2)11-13-4-3-5-15(17)9-13/h3-9H,11H2,1-2H3. The summed E-state index contributed by atoms with van der Waals surface area (Å²) in [7, 11) is 1.95. The second kappa shape index (κ2) is 5.53. The zero-order valence-electron chi connectivity index (χ0n) is 11.0. The highest BCUT2D eigenvalue weighted by Gasteiger charge is 2.05. The molecule has 19 heavy (non-hydrogen) atoms.